The van der Waals surface area contributed by atoms with Crippen molar-refractivity contribution in [2.75, 3.05) is 28.5 Å². The van der Waals surface area contributed by atoms with E-state index in [1.54, 1.807) is 24.4 Å². The molecule has 0 spiro atoms. The topological polar surface area (TPSA) is 88.1 Å². The van der Waals surface area contributed by atoms with Crippen molar-refractivity contribution in [1.82, 2.24) is 9.97 Å². The van der Waals surface area contributed by atoms with E-state index in [1.165, 1.54) is 16.9 Å². The standard InChI is InChI=1S/C27H37ClN5O4Si/c1-27(2,3)19-11-13-20(14-12-19)33(37-38(5)6)25-29-15-18-16-31(22-10-8-7-9-21(22)28)26(35)32(24(18)30-25)17-23(34)36-4/h7-10,15,19-20H,11-14,16-17H2,1-6H3. The largest absolute Gasteiger partial charge is 0.468 e. The Morgan fingerprint density at radius 3 is 2.47 bits per heavy atom. The van der Waals surface area contributed by atoms with Gasteiger partial charge in [-0.2, -0.15) is 4.98 Å². The molecule has 1 aliphatic heterocycles. The molecule has 9 nitrogen and oxygen atoms in total. The van der Waals surface area contributed by atoms with Crippen molar-refractivity contribution in [3.05, 3.63) is 41.0 Å². The summed E-state index contributed by atoms with van der Waals surface area (Å²) in [6.45, 7) is 11.0. The molecule has 38 heavy (non-hydrogen) atoms. The Balaban J connectivity index is 1.69. The van der Waals surface area contributed by atoms with Gasteiger partial charge in [-0.3, -0.25) is 14.6 Å². The molecule has 0 bridgehead atoms. The number of hydroxylamine groups is 1. The van der Waals surface area contributed by atoms with Crippen LogP contribution in [0.2, 0.25) is 18.1 Å². The van der Waals surface area contributed by atoms with Crippen LogP contribution in [0.15, 0.2) is 30.5 Å². The molecular formula is C27H37ClN5O4Si. The van der Waals surface area contributed by atoms with Crippen LogP contribution in [0.1, 0.15) is 52.0 Å². The van der Waals surface area contributed by atoms with Gasteiger partial charge in [0.1, 0.15) is 12.4 Å². The number of nitrogens with zero attached hydrogens (tertiary/aromatic N) is 5. The van der Waals surface area contributed by atoms with Gasteiger partial charge in [0.05, 0.1) is 30.4 Å². The number of carbonyl (C=O) groups excluding carboxylic acids is 2. The van der Waals surface area contributed by atoms with Crippen LogP contribution >= 0.6 is 11.6 Å². The Labute approximate surface area is 231 Å². The predicted molar refractivity (Wildman–Crippen MR) is 151 cm³/mol. The van der Waals surface area contributed by atoms with E-state index < -0.39 is 21.0 Å². The summed E-state index contributed by atoms with van der Waals surface area (Å²) in [5.74, 6) is 0.892. The number of halogens is 1. The highest BCUT2D eigenvalue weighted by atomic mass is 35.5. The molecule has 1 aromatic carbocycles. The van der Waals surface area contributed by atoms with Gasteiger partial charge < -0.3 is 9.26 Å². The minimum absolute atomic E-state index is 0.138. The highest BCUT2D eigenvalue weighted by Crippen LogP contribution is 2.40. The van der Waals surface area contributed by atoms with Gasteiger partial charge in [0.25, 0.3) is 5.95 Å². The molecule has 1 fully saturated rings. The van der Waals surface area contributed by atoms with Gasteiger partial charge in [-0.05, 0) is 62.2 Å². The second-order valence-corrected chi connectivity index (χ2v) is 13.6. The summed E-state index contributed by atoms with van der Waals surface area (Å²) >= 11 is 6.41. The smallest absolute Gasteiger partial charge is 0.331 e. The highest BCUT2D eigenvalue weighted by molar-refractivity contribution is 6.48. The number of ether oxygens (including phenoxy) is 1. The summed E-state index contributed by atoms with van der Waals surface area (Å²) in [5, 5.41) is 2.29. The van der Waals surface area contributed by atoms with Gasteiger partial charge >= 0.3 is 12.0 Å². The van der Waals surface area contributed by atoms with E-state index in [0.29, 0.717) is 34.0 Å². The lowest BCUT2D eigenvalue weighted by atomic mass is 9.71. The van der Waals surface area contributed by atoms with Crippen LogP contribution in [0.3, 0.4) is 0 Å². The van der Waals surface area contributed by atoms with Gasteiger partial charge in [0, 0.05) is 11.8 Å². The number of fused-ring (bicyclic) bond motifs is 1. The van der Waals surface area contributed by atoms with E-state index in [9.17, 15) is 9.59 Å². The van der Waals surface area contributed by atoms with Crippen molar-refractivity contribution < 1.29 is 18.9 Å². The first-order valence-corrected chi connectivity index (χ1v) is 15.8. The molecule has 2 heterocycles. The fourth-order valence-corrected chi connectivity index (χ4v) is 6.02. The summed E-state index contributed by atoms with van der Waals surface area (Å²) in [6, 6.07) is 6.84. The Morgan fingerprint density at radius 2 is 1.87 bits per heavy atom. The third-order valence-corrected chi connectivity index (χ3v) is 8.15. The minimum atomic E-state index is -1.12. The molecule has 1 aliphatic carbocycles. The highest BCUT2D eigenvalue weighted by Gasteiger charge is 2.38. The van der Waals surface area contributed by atoms with Gasteiger partial charge in [0.15, 0.2) is 0 Å². The van der Waals surface area contributed by atoms with Crippen molar-refractivity contribution in [3.8, 4) is 0 Å². The maximum Gasteiger partial charge on any atom is 0.331 e. The molecule has 2 aromatic rings. The first-order chi connectivity index (χ1) is 18.0. The van der Waals surface area contributed by atoms with Crippen LogP contribution in [0.4, 0.5) is 22.2 Å². The van der Waals surface area contributed by atoms with Crippen molar-refractivity contribution >= 4 is 50.1 Å². The van der Waals surface area contributed by atoms with E-state index in [4.69, 9.17) is 30.8 Å². The molecule has 1 aromatic heterocycles. The van der Waals surface area contributed by atoms with E-state index in [1.807, 2.05) is 11.1 Å². The van der Waals surface area contributed by atoms with Crippen molar-refractivity contribution in [2.24, 2.45) is 11.3 Å². The summed E-state index contributed by atoms with van der Waals surface area (Å²) in [5.41, 5.74) is 1.52. The van der Waals surface area contributed by atoms with E-state index in [-0.39, 0.29) is 24.5 Å². The van der Waals surface area contributed by atoms with Crippen LogP contribution in [-0.2, 0) is 20.6 Å². The van der Waals surface area contributed by atoms with Crippen LogP contribution in [0.25, 0.3) is 0 Å². The number of aromatic nitrogens is 2. The number of methoxy groups -OCH3 is 1. The Kier molecular flexibility index (Phi) is 8.64. The molecule has 11 heteroatoms. The number of esters is 1. The fraction of sp³-hybridized carbons (Fsp3) is 0.556. The third kappa shape index (κ3) is 6.13. The SMILES string of the molecule is COC(=O)CN1C(=O)N(c2ccccc2Cl)Cc2cnc(N(O[Si](C)C)C3CCC(C(C)(C)C)CC3)nc21. The van der Waals surface area contributed by atoms with Gasteiger partial charge in [-0.1, -0.05) is 44.5 Å². The second-order valence-electron chi connectivity index (χ2n) is 11.2. The average Bonchev–Trinajstić information content (AvgIpc) is 2.88. The lowest BCUT2D eigenvalue weighted by Gasteiger charge is -2.41. The van der Waals surface area contributed by atoms with Crippen LogP contribution < -0.4 is 14.9 Å². The maximum atomic E-state index is 13.7. The summed E-state index contributed by atoms with van der Waals surface area (Å²) in [7, 11) is 0.178. The molecule has 4 rings (SSSR count). The Bertz CT molecular complexity index is 1170. The van der Waals surface area contributed by atoms with Crippen molar-refractivity contribution in [2.45, 2.75) is 72.1 Å². The van der Waals surface area contributed by atoms with Crippen molar-refractivity contribution in [1.29, 1.82) is 0 Å². The second kappa shape index (κ2) is 11.6. The lowest BCUT2D eigenvalue weighted by molar-refractivity contribution is -0.138. The summed E-state index contributed by atoms with van der Waals surface area (Å²) in [6.07, 6.45) is 5.88. The monoisotopic (exact) mass is 558 g/mol. The third-order valence-electron chi connectivity index (χ3n) is 7.26. The number of para-hydroxylation sites is 1. The maximum absolute atomic E-state index is 13.7. The zero-order valence-electron chi connectivity index (χ0n) is 23.0. The number of rotatable bonds is 7. The molecule has 0 unspecified atom stereocenters. The molecule has 0 saturated heterocycles. The molecule has 1 saturated carbocycles. The number of urea groups is 1. The van der Waals surface area contributed by atoms with Crippen LogP contribution in [0, 0.1) is 11.3 Å². The molecule has 0 atom stereocenters. The average molecular weight is 559 g/mol. The van der Waals surface area contributed by atoms with Gasteiger partial charge in [-0.15, -0.1) is 0 Å². The number of carbonyl (C=O) groups is 2. The Hall–Kier alpha value is -2.69. The molecular weight excluding hydrogens is 522 g/mol. The lowest BCUT2D eigenvalue weighted by Crippen LogP contribution is -2.50. The fourth-order valence-electron chi connectivity index (χ4n) is 5.16. The predicted octanol–water partition coefficient (Wildman–Crippen LogP) is 5.84. The van der Waals surface area contributed by atoms with E-state index in [2.05, 4.69) is 33.9 Å². The first kappa shape index (κ1) is 28.3. The zero-order chi connectivity index (χ0) is 27.6. The zero-order valence-corrected chi connectivity index (χ0v) is 24.8. The van der Waals surface area contributed by atoms with Gasteiger partial charge in [-0.25, -0.2) is 14.8 Å². The van der Waals surface area contributed by atoms with Gasteiger partial charge in [0.2, 0.25) is 9.04 Å². The van der Waals surface area contributed by atoms with Crippen LogP contribution in [-0.4, -0.2) is 50.7 Å². The molecule has 0 N–H and O–H groups in total. The number of hydrogen-bond donors (Lipinski definition) is 0. The molecule has 2 amide bonds. The summed E-state index contributed by atoms with van der Waals surface area (Å²) < 4.78 is 11.2. The minimum Gasteiger partial charge on any atom is -0.468 e. The Morgan fingerprint density at radius 1 is 1.18 bits per heavy atom. The number of anilines is 3. The molecule has 205 valence electrons. The number of amides is 2. The summed E-state index contributed by atoms with van der Waals surface area (Å²) in [4.78, 5) is 38.4. The number of benzene rings is 1. The van der Waals surface area contributed by atoms with Crippen LogP contribution in [0.5, 0.6) is 0 Å². The van der Waals surface area contributed by atoms with Crippen molar-refractivity contribution in [3.63, 3.8) is 0 Å². The van der Waals surface area contributed by atoms with E-state index in [0.717, 1.165) is 25.7 Å². The molecule has 1 radical (unpaired) electrons. The first-order valence-electron chi connectivity index (χ1n) is 13.0. The molecule has 2 aliphatic rings. The van der Waals surface area contributed by atoms with E-state index >= 15 is 0 Å². The quantitative estimate of drug-likeness (QED) is 0.239. The number of hydrogen-bond acceptors (Lipinski definition) is 7. The normalized spacial score (nSPS) is 19.9.